The monoisotopic (exact) mass is 173 g/mol. The second kappa shape index (κ2) is 4.65. The number of nitrogens with one attached hydrogen (secondary N) is 1. The predicted octanol–water partition coefficient (Wildman–Crippen LogP) is 1.41. The van der Waals surface area contributed by atoms with E-state index in [0.717, 1.165) is 12.8 Å². The maximum atomic E-state index is 10.2. The van der Waals surface area contributed by atoms with Gasteiger partial charge in [-0.25, -0.2) is 0 Å². The van der Waals surface area contributed by atoms with Gasteiger partial charge in [0.15, 0.2) is 0 Å². The predicted molar refractivity (Wildman–Crippen MR) is 48.8 cm³/mol. The van der Waals surface area contributed by atoms with E-state index in [1.54, 1.807) is 0 Å². The summed E-state index contributed by atoms with van der Waals surface area (Å²) in [6.07, 6.45) is 7.96. The van der Waals surface area contributed by atoms with Crippen LogP contribution in [0.2, 0.25) is 0 Å². The molecule has 0 saturated heterocycles. The molecule has 0 aliphatic heterocycles. The van der Waals surface area contributed by atoms with Gasteiger partial charge < -0.3 is 5.32 Å². The summed E-state index contributed by atoms with van der Waals surface area (Å²) in [4.78, 5) is 10.2. The third kappa shape index (κ3) is 2.40. The summed E-state index contributed by atoms with van der Waals surface area (Å²) in [6.45, 7) is 0. The van der Waals surface area contributed by atoms with Gasteiger partial charge in [-0.15, -0.1) is 0 Å². The molecule has 2 unspecified atom stereocenters. The number of amides is 1. The molecule has 1 fully saturated rings. The van der Waals surface area contributed by atoms with Crippen molar-refractivity contribution >= 4 is 18.2 Å². The fraction of sp³-hybridized carbons (Fsp3) is 0.875. The first-order valence-electron chi connectivity index (χ1n) is 4.11. The van der Waals surface area contributed by atoms with Crippen LogP contribution in [0, 0.1) is 0 Å². The number of hydrogen-bond donors (Lipinski definition) is 1. The molecular formula is C8H15NOS. The van der Waals surface area contributed by atoms with Gasteiger partial charge in [0.25, 0.3) is 0 Å². The largest absolute Gasteiger partial charge is 0.355 e. The van der Waals surface area contributed by atoms with E-state index in [1.807, 2.05) is 11.8 Å². The van der Waals surface area contributed by atoms with Crippen molar-refractivity contribution in [3.63, 3.8) is 0 Å². The highest BCUT2D eigenvalue weighted by atomic mass is 32.2. The van der Waals surface area contributed by atoms with Gasteiger partial charge in [-0.3, -0.25) is 4.79 Å². The smallest absolute Gasteiger partial charge is 0.207 e. The zero-order chi connectivity index (χ0) is 8.10. The molecule has 2 atom stereocenters. The van der Waals surface area contributed by atoms with Gasteiger partial charge in [0.2, 0.25) is 6.41 Å². The summed E-state index contributed by atoms with van der Waals surface area (Å²) in [5.41, 5.74) is 0. The van der Waals surface area contributed by atoms with Gasteiger partial charge in [-0.2, -0.15) is 11.8 Å². The zero-order valence-corrected chi connectivity index (χ0v) is 7.69. The van der Waals surface area contributed by atoms with Crippen molar-refractivity contribution in [2.75, 3.05) is 6.26 Å². The van der Waals surface area contributed by atoms with Crippen molar-refractivity contribution in [2.24, 2.45) is 0 Å². The number of hydrogen-bond acceptors (Lipinski definition) is 2. The molecule has 64 valence electrons. The van der Waals surface area contributed by atoms with E-state index in [1.165, 1.54) is 19.3 Å². The zero-order valence-electron chi connectivity index (χ0n) is 6.88. The number of rotatable bonds is 3. The van der Waals surface area contributed by atoms with Crippen LogP contribution < -0.4 is 5.32 Å². The summed E-state index contributed by atoms with van der Waals surface area (Å²) in [7, 11) is 0. The second-order valence-electron chi connectivity index (χ2n) is 2.95. The highest BCUT2D eigenvalue weighted by Gasteiger charge is 2.23. The van der Waals surface area contributed by atoms with Crippen LogP contribution in [0.3, 0.4) is 0 Å². The Morgan fingerprint density at radius 1 is 1.45 bits per heavy atom. The molecule has 1 rings (SSSR count). The van der Waals surface area contributed by atoms with Crippen molar-refractivity contribution in [1.29, 1.82) is 0 Å². The molecule has 0 aromatic heterocycles. The van der Waals surface area contributed by atoms with Crippen LogP contribution in [0.15, 0.2) is 0 Å². The van der Waals surface area contributed by atoms with Crippen LogP contribution in [-0.2, 0) is 4.79 Å². The van der Waals surface area contributed by atoms with Crippen molar-refractivity contribution in [2.45, 2.75) is 37.0 Å². The van der Waals surface area contributed by atoms with Crippen molar-refractivity contribution in [1.82, 2.24) is 5.32 Å². The Labute approximate surface area is 72.1 Å². The molecule has 0 aromatic rings. The molecule has 3 heteroatoms. The molecule has 1 aliphatic carbocycles. The van der Waals surface area contributed by atoms with Crippen LogP contribution >= 0.6 is 11.8 Å². The molecule has 11 heavy (non-hydrogen) atoms. The normalized spacial score (nSPS) is 31.4. The van der Waals surface area contributed by atoms with Gasteiger partial charge in [0, 0.05) is 11.3 Å². The Morgan fingerprint density at radius 2 is 2.18 bits per heavy atom. The first-order valence-corrected chi connectivity index (χ1v) is 5.39. The summed E-state index contributed by atoms with van der Waals surface area (Å²) < 4.78 is 0. The van der Waals surface area contributed by atoms with Crippen LogP contribution in [-0.4, -0.2) is 24.0 Å². The highest BCUT2D eigenvalue weighted by molar-refractivity contribution is 7.99. The molecule has 0 aromatic carbocycles. The van der Waals surface area contributed by atoms with E-state index in [0.29, 0.717) is 11.3 Å². The average Bonchev–Trinajstić information content (AvgIpc) is 2.06. The second-order valence-corrected chi connectivity index (χ2v) is 4.03. The minimum absolute atomic E-state index is 0.427. The average molecular weight is 173 g/mol. The molecule has 1 aliphatic rings. The molecule has 1 N–H and O–H groups in total. The summed E-state index contributed by atoms with van der Waals surface area (Å²) >= 11 is 1.87. The van der Waals surface area contributed by atoms with E-state index in [4.69, 9.17) is 0 Å². The number of carbonyl (C=O) groups excluding carboxylic acids is 1. The standard InChI is InChI=1S/C8H15NOS/c1-11-8-5-3-2-4-7(8)9-6-10/h6-8H,2-5H2,1H3,(H,9,10). The fourth-order valence-corrected chi connectivity index (χ4v) is 2.60. The fourth-order valence-electron chi connectivity index (χ4n) is 1.66. The maximum Gasteiger partial charge on any atom is 0.207 e. The van der Waals surface area contributed by atoms with E-state index >= 15 is 0 Å². The Kier molecular flexibility index (Phi) is 3.77. The molecule has 0 spiro atoms. The van der Waals surface area contributed by atoms with Gasteiger partial charge in [-0.05, 0) is 19.1 Å². The molecule has 0 heterocycles. The Morgan fingerprint density at radius 3 is 2.82 bits per heavy atom. The van der Waals surface area contributed by atoms with Gasteiger partial charge in [0.1, 0.15) is 0 Å². The lowest BCUT2D eigenvalue weighted by molar-refractivity contribution is -0.110. The Hall–Kier alpha value is -0.180. The van der Waals surface area contributed by atoms with E-state index in [-0.39, 0.29) is 0 Å². The third-order valence-corrected chi connectivity index (χ3v) is 3.46. The van der Waals surface area contributed by atoms with Crippen LogP contribution in [0.25, 0.3) is 0 Å². The third-order valence-electron chi connectivity index (χ3n) is 2.29. The van der Waals surface area contributed by atoms with E-state index in [2.05, 4.69) is 11.6 Å². The summed E-state index contributed by atoms with van der Waals surface area (Å²) in [5, 5.41) is 3.53. The Bertz CT molecular complexity index is 129. The lowest BCUT2D eigenvalue weighted by atomic mass is 9.95. The lowest BCUT2D eigenvalue weighted by Gasteiger charge is -2.29. The molecular weight excluding hydrogens is 158 g/mol. The van der Waals surface area contributed by atoms with Crippen molar-refractivity contribution in [3.8, 4) is 0 Å². The van der Waals surface area contributed by atoms with Crippen LogP contribution in [0.5, 0.6) is 0 Å². The molecule has 1 saturated carbocycles. The maximum absolute atomic E-state index is 10.2. The van der Waals surface area contributed by atoms with Gasteiger partial charge >= 0.3 is 0 Å². The minimum atomic E-state index is 0.427. The van der Waals surface area contributed by atoms with Crippen molar-refractivity contribution in [3.05, 3.63) is 0 Å². The van der Waals surface area contributed by atoms with Crippen LogP contribution in [0.4, 0.5) is 0 Å². The SMILES string of the molecule is CSC1CCCCC1NC=O. The minimum Gasteiger partial charge on any atom is -0.355 e. The molecule has 0 radical (unpaired) electrons. The summed E-state index contributed by atoms with van der Waals surface area (Å²) in [6, 6.07) is 0.427. The number of thioether (sulfide) groups is 1. The van der Waals surface area contributed by atoms with Gasteiger partial charge in [-0.1, -0.05) is 12.8 Å². The Balaban J connectivity index is 2.37. The number of carbonyl (C=O) groups is 1. The summed E-state index contributed by atoms with van der Waals surface area (Å²) in [5.74, 6) is 0. The quantitative estimate of drug-likeness (QED) is 0.654. The van der Waals surface area contributed by atoms with Crippen molar-refractivity contribution < 1.29 is 4.79 Å². The van der Waals surface area contributed by atoms with Gasteiger partial charge in [0.05, 0.1) is 0 Å². The molecule has 0 bridgehead atoms. The first-order chi connectivity index (χ1) is 5.38. The highest BCUT2D eigenvalue weighted by Crippen LogP contribution is 2.26. The van der Waals surface area contributed by atoms with Crippen LogP contribution in [0.1, 0.15) is 25.7 Å². The molecule has 2 nitrogen and oxygen atoms in total. The topological polar surface area (TPSA) is 29.1 Å². The first kappa shape index (κ1) is 8.91. The molecule has 1 amide bonds. The lowest BCUT2D eigenvalue weighted by Crippen LogP contribution is -2.39. The van der Waals surface area contributed by atoms with E-state index in [9.17, 15) is 4.79 Å². The van der Waals surface area contributed by atoms with E-state index < -0.39 is 0 Å².